The molecule has 0 radical (unpaired) electrons. The van der Waals surface area contributed by atoms with Gasteiger partial charge in [-0.15, -0.1) is 0 Å². The van der Waals surface area contributed by atoms with Crippen LogP contribution in [0.15, 0.2) is 4.99 Å². The Morgan fingerprint density at radius 3 is 2.23 bits per heavy atom. The van der Waals surface area contributed by atoms with Gasteiger partial charge in [-0.2, -0.15) is 0 Å². The predicted octanol–water partition coefficient (Wildman–Crippen LogP) is 2.85. The first-order valence-electron chi connectivity index (χ1n) is 10.8. The highest BCUT2D eigenvalue weighted by atomic mass is 16.6. The average molecular weight is 428 g/mol. The maximum Gasteiger partial charge on any atom is 0.407 e. The van der Waals surface area contributed by atoms with E-state index in [9.17, 15) is 9.59 Å². The molecule has 0 aromatic rings. The van der Waals surface area contributed by atoms with Crippen LogP contribution in [0.25, 0.3) is 0 Å². The molecule has 3 N–H and O–H groups in total. The SMILES string of the molecule is CCCC(CNC(=NC)N1CCC(NC(=O)OC(C)(C)C)C1)NC(=O)OC(C)(C)C. The first kappa shape index (κ1) is 25.8. The second-order valence-corrected chi connectivity index (χ2v) is 9.64. The first-order chi connectivity index (χ1) is 13.8. The number of amides is 2. The summed E-state index contributed by atoms with van der Waals surface area (Å²) in [4.78, 5) is 30.6. The van der Waals surface area contributed by atoms with E-state index in [0.29, 0.717) is 13.1 Å². The van der Waals surface area contributed by atoms with Gasteiger partial charge in [0.1, 0.15) is 11.2 Å². The lowest BCUT2D eigenvalue weighted by Gasteiger charge is -2.26. The smallest absolute Gasteiger partial charge is 0.407 e. The standard InChI is InChI=1S/C21H41N5O4/c1-9-10-15(24-18(27)29-20(2,3)4)13-23-17(22-8)26-12-11-16(14-26)25-19(28)30-21(5,6)7/h15-16H,9-14H2,1-8H3,(H,22,23)(H,24,27)(H,25,28). The summed E-state index contributed by atoms with van der Waals surface area (Å²) in [6.45, 7) is 15.1. The fraction of sp³-hybridized carbons (Fsp3) is 0.857. The number of carbonyl (C=O) groups excluding carboxylic acids is 2. The largest absolute Gasteiger partial charge is 0.444 e. The number of aliphatic imine (C=N–C) groups is 1. The van der Waals surface area contributed by atoms with Gasteiger partial charge in [-0.05, 0) is 54.4 Å². The summed E-state index contributed by atoms with van der Waals surface area (Å²) in [5.74, 6) is 0.746. The van der Waals surface area contributed by atoms with Crippen LogP contribution in [0.1, 0.15) is 67.7 Å². The summed E-state index contributed by atoms with van der Waals surface area (Å²) in [5.41, 5.74) is -1.05. The molecule has 0 aromatic heterocycles. The second kappa shape index (κ2) is 11.3. The van der Waals surface area contributed by atoms with Crippen LogP contribution < -0.4 is 16.0 Å². The van der Waals surface area contributed by atoms with E-state index in [1.165, 1.54) is 0 Å². The molecular weight excluding hydrogens is 386 g/mol. The van der Waals surface area contributed by atoms with Crippen molar-refractivity contribution in [1.29, 1.82) is 0 Å². The molecule has 0 saturated carbocycles. The first-order valence-corrected chi connectivity index (χ1v) is 10.8. The summed E-state index contributed by atoms with van der Waals surface area (Å²) in [6.07, 6.45) is 1.76. The van der Waals surface area contributed by atoms with Crippen molar-refractivity contribution in [3.8, 4) is 0 Å². The van der Waals surface area contributed by atoms with Gasteiger partial charge in [-0.3, -0.25) is 4.99 Å². The lowest BCUT2D eigenvalue weighted by molar-refractivity contribution is 0.0493. The highest BCUT2D eigenvalue weighted by molar-refractivity contribution is 5.80. The second-order valence-electron chi connectivity index (χ2n) is 9.64. The number of carbonyl (C=O) groups is 2. The zero-order valence-corrected chi connectivity index (χ0v) is 19.9. The minimum absolute atomic E-state index is 0.00438. The van der Waals surface area contributed by atoms with Crippen LogP contribution in [0.4, 0.5) is 9.59 Å². The van der Waals surface area contributed by atoms with E-state index in [-0.39, 0.29) is 12.1 Å². The molecule has 9 nitrogen and oxygen atoms in total. The molecule has 1 fully saturated rings. The Balaban J connectivity index is 2.54. The van der Waals surface area contributed by atoms with E-state index in [1.54, 1.807) is 7.05 Å². The molecule has 1 rings (SSSR count). The Labute approximate surface area is 181 Å². The summed E-state index contributed by atoms with van der Waals surface area (Å²) < 4.78 is 10.7. The Hall–Kier alpha value is -2.19. The van der Waals surface area contributed by atoms with Gasteiger partial charge in [-0.1, -0.05) is 13.3 Å². The molecule has 1 heterocycles. The molecule has 2 amide bonds. The summed E-state index contributed by atoms with van der Waals surface area (Å²) in [5, 5.41) is 9.19. The molecule has 30 heavy (non-hydrogen) atoms. The number of ether oxygens (including phenoxy) is 2. The number of alkyl carbamates (subject to hydrolysis) is 2. The Morgan fingerprint density at radius 1 is 1.10 bits per heavy atom. The lowest BCUT2D eigenvalue weighted by Crippen LogP contribution is -2.49. The van der Waals surface area contributed by atoms with Gasteiger partial charge in [0, 0.05) is 32.7 Å². The van der Waals surface area contributed by atoms with Crippen LogP contribution in [-0.4, -0.2) is 73.0 Å². The van der Waals surface area contributed by atoms with Gasteiger partial charge in [0.05, 0.1) is 6.04 Å². The molecule has 1 aliphatic rings. The monoisotopic (exact) mass is 427 g/mol. The normalized spacial score (nSPS) is 18.6. The van der Waals surface area contributed by atoms with Gasteiger partial charge in [0.2, 0.25) is 0 Å². The Morgan fingerprint density at radius 2 is 1.70 bits per heavy atom. The van der Waals surface area contributed by atoms with Gasteiger partial charge >= 0.3 is 12.2 Å². The Bertz CT molecular complexity index is 595. The third kappa shape index (κ3) is 10.5. The van der Waals surface area contributed by atoms with E-state index in [0.717, 1.165) is 31.8 Å². The number of likely N-dealkylation sites (tertiary alicyclic amines) is 1. The van der Waals surface area contributed by atoms with Crippen molar-refractivity contribution in [3.05, 3.63) is 0 Å². The number of hydrogen-bond acceptors (Lipinski definition) is 5. The molecule has 2 atom stereocenters. The molecule has 1 aliphatic heterocycles. The fourth-order valence-electron chi connectivity index (χ4n) is 3.14. The highest BCUT2D eigenvalue weighted by Crippen LogP contribution is 2.12. The maximum atomic E-state index is 12.1. The molecule has 9 heteroatoms. The number of hydrogen-bond donors (Lipinski definition) is 3. The van der Waals surface area contributed by atoms with Crippen molar-refractivity contribution < 1.29 is 19.1 Å². The Kier molecular flexibility index (Phi) is 9.71. The van der Waals surface area contributed by atoms with Gasteiger partial charge in [0.15, 0.2) is 5.96 Å². The molecule has 0 bridgehead atoms. The van der Waals surface area contributed by atoms with E-state index in [4.69, 9.17) is 9.47 Å². The average Bonchev–Trinajstić information content (AvgIpc) is 3.00. The van der Waals surface area contributed by atoms with Crippen LogP contribution in [0.5, 0.6) is 0 Å². The quantitative estimate of drug-likeness (QED) is 0.445. The van der Waals surface area contributed by atoms with Crippen molar-refractivity contribution in [2.24, 2.45) is 4.99 Å². The predicted molar refractivity (Wildman–Crippen MR) is 119 cm³/mol. The van der Waals surface area contributed by atoms with Crippen LogP contribution in [-0.2, 0) is 9.47 Å². The van der Waals surface area contributed by atoms with Crippen molar-refractivity contribution in [3.63, 3.8) is 0 Å². The number of nitrogens with zero attached hydrogens (tertiary/aromatic N) is 2. The third-order valence-electron chi connectivity index (χ3n) is 4.29. The third-order valence-corrected chi connectivity index (χ3v) is 4.29. The molecule has 174 valence electrons. The van der Waals surface area contributed by atoms with Gasteiger partial charge < -0.3 is 30.3 Å². The van der Waals surface area contributed by atoms with E-state index in [2.05, 4.69) is 32.8 Å². The molecule has 0 aliphatic carbocycles. The van der Waals surface area contributed by atoms with E-state index in [1.807, 2.05) is 41.5 Å². The maximum absolute atomic E-state index is 12.1. The van der Waals surface area contributed by atoms with Crippen LogP contribution in [0, 0.1) is 0 Å². The summed E-state index contributed by atoms with van der Waals surface area (Å²) in [6, 6.07) is -0.0652. The summed E-state index contributed by atoms with van der Waals surface area (Å²) >= 11 is 0. The highest BCUT2D eigenvalue weighted by Gasteiger charge is 2.28. The minimum Gasteiger partial charge on any atom is -0.444 e. The molecule has 0 spiro atoms. The molecule has 1 saturated heterocycles. The van der Waals surface area contributed by atoms with Crippen molar-refractivity contribution >= 4 is 18.1 Å². The fourth-order valence-corrected chi connectivity index (χ4v) is 3.14. The number of guanidine groups is 1. The molecular formula is C21H41N5O4. The number of rotatable bonds is 6. The zero-order valence-electron chi connectivity index (χ0n) is 19.9. The minimum atomic E-state index is -0.532. The van der Waals surface area contributed by atoms with E-state index >= 15 is 0 Å². The van der Waals surface area contributed by atoms with E-state index < -0.39 is 23.4 Å². The van der Waals surface area contributed by atoms with Crippen molar-refractivity contribution in [1.82, 2.24) is 20.9 Å². The molecule has 2 unspecified atom stereocenters. The topological polar surface area (TPSA) is 104 Å². The van der Waals surface area contributed by atoms with Crippen molar-refractivity contribution in [2.75, 3.05) is 26.7 Å². The molecule has 0 aromatic carbocycles. The lowest BCUT2D eigenvalue weighted by atomic mass is 10.1. The van der Waals surface area contributed by atoms with Gasteiger partial charge in [0.25, 0.3) is 0 Å². The van der Waals surface area contributed by atoms with Crippen molar-refractivity contribution in [2.45, 2.75) is 91.0 Å². The zero-order chi connectivity index (χ0) is 22.9. The number of nitrogens with one attached hydrogen (secondary N) is 3. The van der Waals surface area contributed by atoms with Crippen LogP contribution >= 0.6 is 0 Å². The van der Waals surface area contributed by atoms with Gasteiger partial charge in [-0.25, -0.2) is 9.59 Å². The van der Waals surface area contributed by atoms with Crippen LogP contribution in [0.3, 0.4) is 0 Å². The van der Waals surface area contributed by atoms with Crippen LogP contribution in [0.2, 0.25) is 0 Å². The summed E-state index contributed by atoms with van der Waals surface area (Å²) in [7, 11) is 1.73.